The molecule has 0 aliphatic heterocycles. The number of hydrogen-bond donors (Lipinski definition) is 2. The van der Waals surface area contributed by atoms with Crippen molar-refractivity contribution in [3.8, 4) is 0 Å². The third-order valence-corrected chi connectivity index (χ3v) is 2.09. The molecule has 0 amide bonds. The smallest absolute Gasteiger partial charge is 0.396 e. The standard InChI is InChI=1S/C10H9F3N4O/c1-5-4-8(18-17-5)16-9-6(14)2-3-7(15-9)10(11,12)13/h2-4H,14H2,1H3,(H,15,16). The van der Waals surface area contributed by atoms with Gasteiger partial charge in [0.25, 0.3) is 0 Å². The Morgan fingerprint density at radius 2 is 2.06 bits per heavy atom. The Hall–Kier alpha value is -2.25. The molecule has 0 aliphatic carbocycles. The number of alkyl halides is 3. The number of halogens is 3. The number of aryl methyl sites for hydroxylation is 1. The van der Waals surface area contributed by atoms with Gasteiger partial charge in [0.05, 0.1) is 11.4 Å². The van der Waals surface area contributed by atoms with Gasteiger partial charge in [-0.05, 0) is 19.1 Å². The van der Waals surface area contributed by atoms with E-state index < -0.39 is 11.9 Å². The number of nitrogens with two attached hydrogens (primary N) is 1. The Morgan fingerprint density at radius 1 is 1.33 bits per heavy atom. The number of pyridine rings is 1. The van der Waals surface area contributed by atoms with Gasteiger partial charge in [-0.25, -0.2) is 4.98 Å². The number of hydrogen-bond acceptors (Lipinski definition) is 5. The average molecular weight is 258 g/mol. The average Bonchev–Trinajstić information content (AvgIpc) is 2.66. The van der Waals surface area contributed by atoms with Gasteiger partial charge in [0, 0.05) is 6.07 Å². The summed E-state index contributed by atoms with van der Waals surface area (Å²) in [6.07, 6.45) is -4.53. The first-order valence-electron chi connectivity index (χ1n) is 4.90. The SMILES string of the molecule is Cc1cc(Nc2nc(C(F)(F)F)ccc2N)on1. The lowest BCUT2D eigenvalue weighted by molar-refractivity contribution is -0.141. The van der Waals surface area contributed by atoms with Gasteiger partial charge in [-0.2, -0.15) is 13.2 Å². The number of anilines is 3. The molecule has 0 atom stereocenters. The van der Waals surface area contributed by atoms with Crippen LogP contribution in [0, 0.1) is 6.92 Å². The van der Waals surface area contributed by atoms with Crippen LogP contribution in [-0.4, -0.2) is 10.1 Å². The molecule has 8 heteroatoms. The third kappa shape index (κ3) is 2.53. The molecule has 96 valence electrons. The highest BCUT2D eigenvalue weighted by atomic mass is 19.4. The maximum Gasteiger partial charge on any atom is 0.433 e. The topological polar surface area (TPSA) is 77.0 Å². The van der Waals surface area contributed by atoms with Crippen LogP contribution in [0.4, 0.5) is 30.6 Å². The Balaban J connectivity index is 2.32. The summed E-state index contributed by atoms with van der Waals surface area (Å²) in [5, 5.41) is 6.13. The lowest BCUT2D eigenvalue weighted by Crippen LogP contribution is -2.10. The fraction of sp³-hybridized carbons (Fsp3) is 0.200. The quantitative estimate of drug-likeness (QED) is 0.866. The van der Waals surface area contributed by atoms with E-state index in [0.29, 0.717) is 5.69 Å². The van der Waals surface area contributed by atoms with Crippen molar-refractivity contribution < 1.29 is 17.7 Å². The lowest BCUT2D eigenvalue weighted by atomic mass is 10.3. The van der Waals surface area contributed by atoms with Crippen LogP contribution in [0.25, 0.3) is 0 Å². The molecular weight excluding hydrogens is 249 g/mol. The van der Waals surface area contributed by atoms with Crippen LogP contribution in [0.3, 0.4) is 0 Å². The maximum absolute atomic E-state index is 12.5. The van der Waals surface area contributed by atoms with E-state index in [9.17, 15) is 13.2 Å². The molecule has 0 unspecified atom stereocenters. The molecule has 18 heavy (non-hydrogen) atoms. The lowest BCUT2D eigenvalue weighted by Gasteiger charge is -2.09. The Labute approximate surface area is 99.8 Å². The van der Waals surface area contributed by atoms with E-state index >= 15 is 0 Å². The molecule has 0 radical (unpaired) electrons. The molecule has 0 aliphatic rings. The normalized spacial score (nSPS) is 11.6. The largest absolute Gasteiger partial charge is 0.433 e. The van der Waals surface area contributed by atoms with Crippen LogP contribution in [-0.2, 0) is 6.18 Å². The molecule has 5 nitrogen and oxygen atoms in total. The Kier molecular flexibility index (Phi) is 2.85. The minimum atomic E-state index is -4.53. The van der Waals surface area contributed by atoms with Gasteiger partial charge < -0.3 is 15.6 Å². The van der Waals surface area contributed by atoms with Crippen LogP contribution in [0.2, 0.25) is 0 Å². The molecule has 0 saturated heterocycles. The van der Waals surface area contributed by atoms with E-state index in [4.69, 9.17) is 10.3 Å². The first-order chi connectivity index (χ1) is 8.36. The second-order valence-electron chi connectivity index (χ2n) is 3.59. The molecule has 0 bridgehead atoms. The number of aromatic nitrogens is 2. The molecular formula is C10H9F3N4O. The van der Waals surface area contributed by atoms with Crippen molar-refractivity contribution in [3.63, 3.8) is 0 Å². The van der Waals surface area contributed by atoms with Crippen molar-refractivity contribution in [1.29, 1.82) is 0 Å². The molecule has 2 aromatic heterocycles. The molecule has 3 N–H and O–H groups in total. The summed E-state index contributed by atoms with van der Waals surface area (Å²) in [7, 11) is 0. The van der Waals surface area contributed by atoms with E-state index in [-0.39, 0.29) is 17.4 Å². The minimum Gasteiger partial charge on any atom is -0.396 e. The number of nitrogens with one attached hydrogen (secondary N) is 1. The zero-order chi connectivity index (χ0) is 13.3. The van der Waals surface area contributed by atoms with Crippen molar-refractivity contribution in [2.75, 3.05) is 11.1 Å². The fourth-order valence-electron chi connectivity index (χ4n) is 1.27. The zero-order valence-electron chi connectivity index (χ0n) is 9.25. The van der Waals surface area contributed by atoms with Crippen LogP contribution in [0.5, 0.6) is 0 Å². The minimum absolute atomic E-state index is 0.0806. The Morgan fingerprint density at radius 3 is 2.61 bits per heavy atom. The monoisotopic (exact) mass is 258 g/mol. The van der Waals surface area contributed by atoms with Gasteiger partial charge in [-0.1, -0.05) is 5.16 Å². The fourth-order valence-corrected chi connectivity index (χ4v) is 1.27. The van der Waals surface area contributed by atoms with Gasteiger partial charge in [0.2, 0.25) is 5.88 Å². The summed E-state index contributed by atoms with van der Waals surface area (Å²) < 4.78 is 42.2. The molecule has 2 heterocycles. The Bertz CT molecular complexity index is 564. The van der Waals surface area contributed by atoms with Gasteiger partial charge in [-0.3, -0.25) is 0 Å². The van der Waals surface area contributed by atoms with Gasteiger partial charge in [-0.15, -0.1) is 0 Å². The molecule has 0 saturated carbocycles. The predicted octanol–water partition coefficient (Wildman–Crippen LogP) is 2.72. The number of nitrogen functional groups attached to an aromatic ring is 1. The van der Waals surface area contributed by atoms with Crippen LogP contribution >= 0.6 is 0 Å². The number of nitrogens with zero attached hydrogens (tertiary/aromatic N) is 2. The first kappa shape index (κ1) is 12.2. The van der Waals surface area contributed by atoms with Crippen LogP contribution in [0.15, 0.2) is 22.7 Å². The van der Waals surface area contributed by atoms with E-state index in [0.717, 1.165) is 12.1 Å². The van der Waals surface area contributed by atoms with E-state index in [2.05, 4.69) is 15.5 Å². The van der Waals surface area contributed by atoms with E-state index in [1.807, 2.05) is 0 Å². The molecule has 0 fully saturated rings. The van der Waals surface area contributed by atoms with Crippen molar-refractivity contribution in [1.82, 2.24) is 10.1 Å². The molecule has 0 spiro atoms. The first-order valence-corrected chi connectivity index (χ1v) is 4.90. The summed E-state index contributed by atoms with van der Waals surface area (Å²) in [4.78, 5) is 3.40. The summed E-state index contributed by atoms with van der Waals surface area (Å²) in [6, 6.07) is 3.45. The summed E-state index contributed by atoms with van der Waals surface area (Å²) in [6.45, 7) is 1.68. The summed E-state index contributed by atoms with van der Waals surface area (Å²) in [5.74, 6) is 0.0481. The molecule has 2 aromatic rings. The summed E-state index contributed by atoms with van der Waals surface area (Å²) >= 11 is 0. The highest BCUT2D eigenvalue weighted by molar-refractivity contribution is 5.66. The third-order valence-electron chi connectivity index (χ3n) is 2.09. The van der Waals surface area contributed by atoms with Crippen molar-refractivity contribution in [3.05, 3.63) is 29.6 Å². The van der Waals surface area contributed by atoms with Gasteiger partial charge in [0.15, 0.2) is 5.82 Å². The summed E-state index contributed by atoms with van der Waals surface area (Å²) in [5.41, 5.74) is 5.17. The zero-order valence-corrected chi connectivity index (χ0v) is 9.25. The van der Waals surface area contributed by atoms with E-state index in [1.165, 1.54) is 6.07 Å². The second-order valence-corrected chi connectivity index (χ2v) is 3.59. The van der Waals surface area contributed by atoms with Crippen molar-refractivity contribution >= 4 is 17.4 Å². The highest BCUT2D eigenvalue weighted by Crippen LogP contribution is 2.31. The number of rotatable bonds is 2. The van der Waals surface area contributed by atoms with E-state index in [1.54, 1.807) is 6.92 Å². The van der Waals surface area contributed by atoms with Crippen molar-refractivity contribution in [2.24, 2.45) is 0 Å². The van der Waals surface area contributed by atoms with Gasteiger partial charge in [0.1, 0.15) is 5.69 Å². The second kappa shape index (κ2) is 4.21. The maximum atomic E-state index is 12.5. The highest BCUT2D eigenvalue weighted by Gasteiger charge is 2.33. The molecule has 2 rings (SSSR count). The van der Waals surface area contributed by atoms with Gasteiger partial charge >= 0.3 is 6.18 Å². The van der Waals surface area contributed by atoms with Crippen molar-refractivity contribution in [2.45, 2.75) is 13.1 Å². The van der Waals surface area contributed by atoms with Crippen LogP contribution in [0.1, 0.15) is 11.4 Å². The molecule has 0 aromatic carbocycles. The predicted molar refractivity (Wildman–Crippen MR) is 58.2 cm³/mol. The van der Waals surface area contributed by atoms with Crippen LogP contribution < -0.4 is 11.1 Å².